The maximum absolute atomic E-state index is 11.3. The zero-order valence-electron chi connectivity index (χ0n) is 11.6. The van der Waals surface area contributed by atoms with Crippen molar-refractivity contribution >= 4 is 13.8 Å². The third-order valence-corrected chi connectivity index (χ3v) is 2.57. The molecule has 2 radical (unpaired) electrons. The van der Waals surface area contributed by atoms with Crippen LogP contribution in [0.2, 0.25) is 6.32 Å². The van der Waals surface area contributed by atoms with Crippen LogP contribution in [-0.2, 0) is 9.53 Å². The second-order valence-electron chi connectivity index (χ2n) is 4.27. The van der Waals surface area contributed by atoms with Gasteiger partial charge in [-0.15, -0.1) is 0 Å². The summed E-state index contributed by atoms with van der Waals surface area (Å²) in [4.78, 5) is 11.3. The molecule has 0 saturated carbocycles. The van der Waals surface area contributed by atoms with Crippen LogP contribution in [0.15, 0.2) is 24.3 Å². The highest BCUT2D eigenvalue weighted by Gasteiger charge is 2.01. The van der Waals surface area contributed by atoms with E-state index in [-0.39, 0.29) is 5.97 Å². The normalized spacial score (nSPS) is 11.4. The minimum Gasteiger partial charge on any atom is -0.465 e. The number of carbonyl (C=O) groups is 1. The summed E-state index contributed by atoms with van der Waals surface area (Å²) in [5.74, 6) is -0.0757. The van der Waals surface area contributed by atoms with Gasteiger partial charge in [-0.1, -0.05) is 56.3 Å². The van der Waals surface area contributed by atoms with Crippen LogP contribution in [0.1, 0.15) is 51.9 Å². The first-order chi connectivity index (χ1) is 8.81. The molecule has 0 amide bonds. The summed E-state index contributed by atoms with van der Waals surface area (Å²) in [6, 6.07) is 0. The summed E-state index contributed by atoms with van der Waals surface area (Å²) < 4.78 is 5.12. The van der Waals surface area contributed by atoms with E-state index in [9.17, 15) is 4.79 Å². The highest BCUT2D eigenvalue weighted by Crippen LogP contribution is 2.07. The van der Waals surface area contributed by atoms with E-state index in [0.29, 0.717) is 13.0 Å². The van der Waals surface area contributed by atoms with Crippen LogP contribution in [0, 0.1) is 0 Å². The number of hydrogen-bond donors (Lipinski definition) is 0. The predicted molar refractivity (Wildman–Crippen MR) is 77.8 cm³/mol. The van der Waals surface area contributed by atoms with E-state index < -0.39 is 0 Å². The standard InChI is InChI=1S/C15H25BO2/c1-2-3-4-8-11-14-18-15(17)12-9-6-5-7-10-13-16/h2-4,8H,5-7,9-14H2,1H3/b3-2-,8-4-. The maximum Gasteiger partial charge on any atom is 0.305 e. The molecule has 2 nitrogen and oxygen atoms in total. The van der Waals surface area contributed by atoms with Crippen molar-refractivity contribution in [3.05, 3.63) is 24.3 Å². The molecule has 0 bridgehead atoms. The van der Waals surface area contributed by atoms with Crippen molar-refractivity contribution in [1.82, 2.24) is 0 Å². The molecule has 100 valence electrons. The molecule has 0 aliphatic rings. The number of esters is 1. The van der Waals surface area contributed by atoms with E-state index in [0.717, 1.165) is 38.4 Å². The largest absolute Gasteiger partial charge is 0.465 e. The molecule has 0 aromatic heterocycles. The van der Waals surface area contributed by atoms with Gasteiger partial charge >= 0.3 is 5.97 Å². The van der Waals surface area contributed by atoms with E-state index in [1.54, 1.807) is 0 Å². The second kappa shape index (κ2) is 14.1. The minimum atomic E-state index is -0.0757. The van der Waals surface area contributed by atoms with Gasteiger partial charge in [-0.3, -0.25) is 4.79 Å². The Morgan fingerprint density at radius 2 is 1.83 bits per heavy atom. The lowest BCUT2D eigenvalue weighted by Crippen LogP contribution is -2.04. The van der Waals surface area contributed by atoms with Gasteiger partial charge < -0.3 is 4.74 Å². The van der Waals surface area contributed by atoms with Crippen LogP contribution in [0.4, 0.5) is 0 Å². The Labute approximate surface area is 113 Å². The molecule has 18 heavy (non-hydrogen) atoms. The maximum atomic E-state index is 11.3. The molecule has 0 aromatic rings. The summed E-state index contributed by atoms with van der Waals surface area (Å²) in [5.41, 5.74) is 0. The van der Waals surface area contributed by atoms with E-state index in [1.807, 2.05) is 31.2 Å². The first-order valence-electron chi connectivity index (χ1n) is 6.94. The van der Waals surface area contributed by atoms with Crippen molar-refractivity contribution in [2.75, 3.05) is 6.61 Å². The summed E-state index contributed by atoms with van der Waals surface area (Å²) in [5, 5.41) is 0. The van der Waals surface area contributed by atoms with Gasteiger partial charge in [-0.25, -0.2) is 0 Å². The molecule has 3 heteroatoms. The van der Waals surface area contributed by atoms with Crippen LogP contribution >= 0.6 is 0 Å². The van der Waals surface area contributed by atoms with Gasteiger partial charge in [0.1, 0.15) is 0 Å². The Hall–Kier alpha value is -0.985. The Kier molecular flexibility index (Phi) is 13.3. The van der Waals surface area contributed by atoms with Crippen LogP contribution < -0.4 is 0 Å². The fraction of sp³-hybridized carbons (Fsp3) is 0.667. The van der Waals surface area contributed by atoms with Gasteiger partial charge in [-0.2, -0.15) is 0 Å². The highest BCUT2D eigenvalue weighted by atomic mass is 16.5. The molecule has 0 fully saturated rings. The van der Waals surface area contributed by atoms with E-state index in [4.69, 9.17) is 12.6 Å². The second-order valence-corrected chi connectivity index (χ2v) is 4.27. The Morgan fingerprint density at radius 1 is 1.11 bits per heavy atom. The Morgan fingerprint density at radius 3 is 2.56 bits per heavy atom. The van der Waals surface area contributed by atoms with Gasteiger partial charge in [0.2, 0.25) is 0 Å². The van der Waals surface area contributed by atoms with Crippen LogP contribution in [0.25, 0.3) is 0 Å². The zero-order valence-corrected chi connectivity index (χ0v) is 11.6. The molecule has 0 N–H and O–H groups in total. The van der Waals surface area contributed by atoms with Gasteiger partial charge in [0, 0.05) is 6.42 Å². The topological polar surface area (TPSA) is 26.3 Å². The number of hydrogen-bond acceptors (Lipinski definition) is 2. The summed E-state index contributed by atoms with van der Waals surface area (Å²) in [6.45, 7) is 2.46. The zero-order chi connectivity index (χ0) is 13.5. The van der Waals surface area contributed by atoms with Gasteiger partial charge in [0.25, 0.3) is 0 Å². The summed E-state index contributed by atoms with van der Waals surface area (Å²) in [7, 11) is 5.41. The molecular formula is C15H25BO2. The Balaban J connectivity index is 3.27. The third kappa shape index (κ3) is 13.1. The molecule has 0 aromatic carbocycles. The minimum absolute atomic E-state index is 0.0757. The number of carbonyl (C=O) groups excluding carboxylic acids is 1. The first-order valence-corrected chi connectivity index (χ1v) is 6.94. The molecule has 0 atom stereocenters. The van der Waals surface area contributed by atoms with Crippen LogP contribution in [0.3, 0.4) is 0 Å². The van der Waals surface area contributed by atoms with Crippen molar-refractivity contribution in [3.63, 3.8) is 0 Å². The monoisotopic (exact) mass is 248 g/mol. The third-order valence-electron chi connectivity index (χ3n) is 2.57. The molecular weight excluding hydrogens is 223 g/mol. The summed E-state index contributed by atoms with van der Waals surface area (Å²) >= 11 is 0. The molecule has 0 aliphatic carbocycles. The average molecular weight is 248 g/mol. The predicted octanol–water partition coefficient (Wildman–Crippen LogP) is 3.98. The SMILES string of the molecule is [B]CCCCCCCC(=O)OCC/C=C\C=C/C. The highest BCUT2D eigenvalue weighted by molar-refractivity contribution is 6.08. The molecule has 0 aliphatic heterocycles. The lowest BCUT2D eigenvalue weighted by atomic mass is 9.98. The fourth-order valence-corrected chi connectivity index (χ4v) is 1.54. The van der Waals surface area contributed by atoms with Crippen molar-refractivity contribution in [1.29, 1.82) is 0 Å². The van der Waals surface area contributed by atoms with Crippen LogP contribution in [0.5, 0.6) is 0 Å². The molecule has 0 spiro atoms. The number of unbranched alkanes of at least 4 members (excludes halogenated alkanes) is 4. The van der Waals surface area contributed by atoms with Crippen LogP contribution in [-0.4, -0.2) is 20.4 Å². The number of rotatable bonds is 11. The Bertz CT molecular complexity index is 247. The average Bonchev–Trinajstić information content (AvgIpc) is 2.38. The van der Waals surface area contributed by atoms with Gasteiger partial charge in [0.15, 0.2) is 0 Å². The molecule has 0 unspecified atom stereocenters. The van der Waals surface area contributed by atoms with Crippen molar-refractivity contribution in [2.24, 2.45) is 0 Å². The fourth-order valence-electron chi connectivity index (χ4n) is 1.54. The number of ether oxygens (including phenoxy) is 1. The summed E-state index contributed by atoms with van der Waals surface area (Å²) in [6.07, 6.45) is 15.4. The van der Waals surface area contributed by atoms with Gasteiger partial charge in [0.05, 0.1) is 14.5 Å². The van der Waals surface area contributed by atoms with E-state index in [2.05, 4.69) is 0 Å². The first kappa shape index (κ1) is 17.0. The van der Waals surface area contributed by atoms with Crippen molar-refractivity contribution < 1.29 is 9.53 Å². The molecule has 0 saturated heterocycles. The van der Waals surface area contributed by atoms with E-state index in [1.165, 1.54) is 6.42 Å². The quantitative estimate of drug-likeness (QED) is 0.239. The van der Waals surface area contributed by atoms with E-state index >= 15 is 0 Å². The molecule has 0 rings (SSSR count). The number of allylic oxidation sites excluding steroid dienone is 3. The van der Waals surface area contributed by atoms with Crippen molar-refractivity contribution in [3.8, 4) is 0 Å². The van der Waals surface area contributed by atoms with Gasteiger partial charge in [-0.05, 0) is 19.8 Å². The molecule has 0 heterocycles. The lowest BCUT2D eigenvalue weighted by Gasteiger charge is -2.03. The van der Waals surface area contributed by atoms with Crippen molar-refractivity contribution in [2.45, 2.75) is 58.2 Å². The smallest absolute Gasteiger partial charge is 0.305 e. The lowest BCUT2D eigenvalue weighted by molar-refractivity contribution is -0.143.